The smallest absolute Gasteiger partial charge is 0.264 e. The average Bonchev–Trinajstić information content (AvgIpc) is 2.06. The summed E-state index contributed by atoms with van der Waals surface area (Å²) in [7, 11) is -3.90. The van der Waals surface area contributed by atoms with Crippen molar-refractivity contribution in [1.82, 2.24) is 4.98 Å². The molecule has 78 valence electrons. The van der Waals surface area contributed by atoms with Crippen LogP contribution in [0, 0.1) is 5.95 Å². The van der Waals surface area contributed by atoms with E-state index in [4.69, 9.17) is 4.55 Å². The quantitative estimate of drug-likeness (QED) is 0.607. The van der Waals surface area contributed by atoms with Crippen LogP contribution in [0.3, 0.4) is 0 Å². The summed E-state index contributed by atoms with van der Waals surface area (Å²) in [5.74, 6) is -0.854. The molecule has 4 nitrogen and oxygen atoms in total. The molecule has 0 saturated heterocycles. The summed E-state index contributed by atoms with van der Waals surface area (Å²) in [5.41, 5.74) is 0.745. The molecule has 1 aromatic rings. The number of hydrogen-bond acceptors (Lipinski definition) is 3. The molecule has 0 spiro atoms. The maximum atomic E-state index is 12.4. The standard InChI is InChI=1S/C8H10FNO3S/c9-8-4-3-7(6-10-8)2-1-5-14(11,12)13/h3-4,6H,1-2,5H2,(H,11,12,13). The lowest BCUT2D eigenvalue weighted by Crippen LogP contribution is -2.04. The van der Waals surface area contributed by atoms with Crippen LogP contribution in [0.15, 0.2) is 18.3 Å². The Labute approximate surface area is 81.5 Å². The van der Waals surface area contributed by atoms with E-state index in [-0.39, 0.29) is 5.75 Å². The first kappa shape index (κ1) is 11.1. The van der Waals surface area contributed by atoms with E-state index >= 15 is 0 Å². The van der Waals surface area contributed by atoms with Crippen molar-refractivity contribution in [3.63, 3.8) is 0 Å². The molecule has 1 heterocycles. The highest BCUT2D eigenvalue weighted by molar-refractivity contribution is 7.85. The lowest BCUT2D eigenvalue weighted by molar-refractivity contribution is 0.481. The Kier molecular flexibility index (Phi) is 3.54. The lowest BCUT2D eigenvalue weighted by Gasteiger charge is -1.98. The van der Waals surface area contributed by atoms with Crippen molar-refractivity contribution in [3.05, 3.63) is 29.8 Å². The molecular weight excluding hydrogens is 209 g/mol. The zero-order valence-electron chi connectivity index (χ0n) is 7.35. The van der Waals surface area contributed by atoms with Crippen LogP contribution in [0.5, 0.6) is 0 Å². The molecule has 0 aliphatic carbocycles. The van der Waals surface area contributed by atoms with Gasteiger partial charge in [0.1, 0.15) is 0 Å². The van der Waals surface area contributed by atoms with Crippen molar-refractivity contribution in [2.24, 2.45) is 0 Å². The Hall–Kier alpha value is -1.01. The molecule has 6 heteroatoms. The molecule has 0 bridgehead atoms. The van der Waals surface area contributed by atoms with Gasteiger partial charge in [-0.25, -0.2) is 4.98 Å². The summed E-state index contributed by atoms with van der Waals surface area (Å²) in [6.07, 6.45) is 2.10. The fraction of sp³-hybridized carbons (Fsp3) is 0.375. The maximum absolute atomic E-state index is 12.4. The Bertz CT molecular complexity index is 388. The molecule has 0 aromatic carbocycles. The Morgan fingerprint density at radius 2 is 2.14 bits per heavy atom. The zero-order chi connectivity index (χ0) is 10.6. The van der Waals surface area contributed by atoms with E-state index in [1.54, 1.807) is 0 Å². The van der Waals surface area contributed by atoms with E-state index in [0.717, 1.165) is 5.56 Å². The summed E-state index contributed by atoms with van der Waals surface area (Å²) >= 11 is 0. The normalized spacial score (nSPS) is 11.6. The molecule has 0 fully saturated rings. The molecule has 0 atom stereocenters. The highest BCUT2D eigenvalue weighted by Gasteiger charge is 2.04. The van der Waals surface area contributed by atoms with E-state index < -0.39 is 16.1 Å². The predicted molar refractivity (Wildman–Crippen MR) is 48.9 cm³/mol. The third-order valence-corrected chi connectivity index (χ3v) is 2.46. The van der Waals surface area contributed by atoms with E-state index in [1.165, 1.54) is 18.3 Å². The molecule has 1 aromatic heterocycles. The van der Waals surface area contributed by atoms with Crippen LogP contribution < -0.4 is 0 Å². The molecule has 0 aliphatic heterocycles. The van der Waals surface area contributed by atoms with Gasteiger partial charge in [-0.3, -0.25) is 4.55 Å². The highest BCUT2D eigenvalue weighted by Crippen LogP contribution is 2.03. The van der Waals surface area contributed by atoms with Gasteiger partial charge < -0.3 is 0 Å². The largest absolute Gasteiger partial charge is 0.286 e. The van der Waals surface area contributed by atoms with Gasteiger partial charge in [-0.2, -0.15) is 12.8 Å². The number of halogens is 1. The van der Waals surface area contributed by atoms with Crippen molar-refractivity contribution in [1.29, 1.82) is 0 Å². The van der Waals surface area contributed by atoms with E-state index in [1.807, 2.05) is 0 Å². The summed E-state index contributed by atoms with van der Waals surface area (Å²) in [4.78, 5) is 3.42. The second-order valence-corrected chi connectivity index (χ2v) is 4.45. The second kappa shape index (κ2) is 4.47. The van der Waals surface area contributed by atoms with Crippen LogP contribution in [-0.2, 0) is 16.5 Å². The van der Waals surface area contributed by atoms with Crippen molar-refractivity contribution in [2.75, 3.05) is 5.75 Å². The fourth-order valence-electron chi connectivity index (χ4n) is 1.01. The van der Waals surface area contributed by atoms with Crippen molar-refractivity contribution in [3.8, 4) is 0 Å². The minimum atomic E-state index is -3.90. The minimum Gasteiger partial charge on any atom is -0.286 e. The number of aryl methyl sites for hydroxylation is 1. The first-order chi connectivity index (χ1) is 6.47. The molecular formula is C8H10FNO3S. The van der Waals surface area contributed by atoms with E-state index in [9.17, 15) is 12.8 Å². The summed E-state index contributed by atoms with van der Waals surface area (Å²) in [5, 5.41) is 0. The number of pyridine rings is 1. The van der Waals surface area contributed by atoms with Gasteiger partial charge >= 0.3 is 0 Å². The topological polar surface area (TPSA) is 67.3 Å². The third-order valence-electron chi connectivity index (χ3n) is 1.66. The van der Waals surface area contributed by atoms with E-state index in [2.05, 4.69) is 4.98 Å². The first-order valence-electron chi connectivity index (χ1n) is 4.03. The number of hydrogen-bond donors (Lipinski definition) is 1. The van der Waals surface area contributed by atoms with Gasteiger partial charge in [0.15, 0.2) is 0 Å². The minimum absolute atomic E-state index is 0.287. The third kappa shape index (κ3) is 4.29. The highest BCUT2D eigenvalue weighted by atomic mass is 32.2. The second-order valence-electron chi connectivity index (χ2n) is 2.88. The Morgan fingerprint density at radius 1 is 1.43 bits per heavy atom. The number of aromatic nitrogens is 1. The predicted octanol–water partition coefficient (Wildman–Crippen LogP) is 1.04. The first-order valence-corrected chi connectivity index (χ1v) is 5.64. The van der Waals surface area contributed by atoms with Crippen molar-refractivity contribution >= 4 is 10.1 Å². The van der Waals surface area contributed by atoms with Crippen LogP contribution in [0.1, 0.15) is 12.0 Å². The monoisotopic (exact) mass is 219 g/mol. The fourth-order valence-corrected chi connectivity index (χ4v) is 1.52. The molecule has 1 N–H and O–H groups in total. The van der Waals surface area contributed by atoms with Gasteiger partial charge in [0.2, 0.25) is 5.95 Å². The van der Waals surface area contributed by atoms with Crippen LogP contribution in [0.2, 0.25) is 0 Å². The molecule has 0 radical (unpaired) electrons. The van der Waals surface area contributed by atoms with Crippen LogP contribution in [0.25, 0.3) is 0 Å². The molecule has 0 amide bonds. The SMILES string of the molecule is O=S(=O)(O)CCCc1ccc(F)nc1. The lowest BCUT2D eigenvalue weighted by atomic mass is 10.2. The van der Waals surface area contributed by atoms with Crippen LogP contribution in [0.4, 0.5) is 4.39 Å². The molecule has 0 aliphatic rings. The van der Waals surface area contributed by atoms with Crippen LogP contribution >= 0.6 is 0 Å². The van der Waals surface area contributed by atoms with Gasteiger partial charge in [0.25, 0.3) is 10.1 Å². The maximum Gasteiger partial charge on any atom is 0.264 e. The van der Waals surface area contributed by atoms with Crippen LogP contribution in [-0.4, -0.2) is 23.7 Å². The molecule has 0 saturated carbocycles. The summed E-state index contributed by atoms with van der Waals surface area (Å²) in [6, 6.07) is 2.75. The Balaban J connectivity index is 2.43. The van der Waals surface area contributed by atoms with Gasteiger partial charge in [0, 0.05) is 6.20 Å². The van der Waals surface area contributed by atoms with Crippen molar-refractivity contribution in [2.45, 2.75) is 12.8 Å². The number of nitrogens with zero attached hydrogens (tertiary/aromatic N) is 1. The summed E-state index contributed by atoms with van der Waals surface area (Å²) < 4.78 is 41.5. The van der Waals surface area contributed by atoms with E-state index in [0.29, 0.717) is 12.8 Å². The average molecular weight is 219 g/mol. The van der Waals surface area contributed by atoms with Gasteiger partial charge in [0.05, 0.1) is 5.75 Å². The van der Waals surface area contributed by atoms with Gasteiger partial charge in [-0.05, 0) is 24.5 Å². The number of rotatable bonds is 4. The van der Waals surface area contributed by atoms with Gasteiger partial charge in [-0.15, -0.1) is 0 Å². The van der Waals surface area contributed by atoms with Gasteiger partial charge in [-0.1, -0.05) is 6.07 Å². The Morgan fingerprint density at radius 3 is 2.64 bits per heavy atom. The van der Waals surface area contributed by atoms with Crippen molar-refractivity contribution < 1.29 is 17.4 Å². The summed E-state index contributed by atoms with van der Waals surface area (Å²) in [6.45, 7) is 0. The zero-order valence-corrected chi connectivity index (χ0v) is 8.17. The molecule has 1 rings (SSSR count). The molecule has 0 unspecified atom stereocenters. The molecule has 14 heavy (non-hydrogen) atoms.